The average Bonchev–Trinajstić information content (AvgIpc) is 2.22. The molecule has 13 heavy (non-hydrogen) atoms. The van der Waals surface area contributed by atoms with E-state index in [4.69, 9.17) is 21.1 Å². The lowest BCUT2D eigenvalue weighted by Crippen LogP contribution is -2.04. The largest absolute Gasteiger partial charge is 0.493 e. The summed E-state index contributed by atoms with van der Waals surface area (Å²) in [6, 6.07) is 0. The van der Waals surface area contributed by atoms with Gasteiger partial charge in [0.1, 0.15) is 44.5 Å². The molecule has 2 aliphatic heterocycles. The van der Waals surface area contributed by atoms with Crippen LogP contribution in [0.15, 0.2) is 36.5 Å². The van der Waals surface area contributed by atoms with Gasteiger partial charge in [0.25, 0.3) is 0 Å². The van der Waals surface area contributed by atoms with Crippen molar-refractivity contribution >= 4 is 11.6 Å². The molecular formula is C8H9ClO4. The first-order valence-corrected chi connectivity index (χ1v) is 3.98. The summed E-state index contributed by atoms with van der Waals surface area (Å²) < 4.78 is 18.7. The molecule has 0 aliphatic carbocycles. The highest BCUT2D eigenvalue weighted by molar-refractivity contribution is 6.28. The van der Waals surface area contributed by atoms with Crippen molar-refractivity contribution in [1.82, 2.24) is 0 Å². The summed E-state index contributed by atoms with van der Waals surface area (Å²) in [6.45, 7) is 1.17. The van der Waals surface area contributed by atoms with Gasteiger partial charge in [-0.1, -0.05) is 0 Å². The first-order chi connectivity index (χ1) is 6.39. The average molecular weight is 205 g/mol. The molecule has 72 valence electrons. The van der Waals surface area contributed by atoms with Crippen LogP contribution in [0.1, 0.15) is 0 Å². The summed E-state index contributed by atoms with van der Waals surface area (Å²) in [5.74, 6) is 0. The Hall–Kier alpha value is -1.29. The predicted octanol–water partition coefficient (Wildman–Crippen LogP) is 2.05. The van der Waals surface area contributed by atoms with E-state index in [2.05, 4.69) is 9.47 Å². The highest BCUT2D eigenvalue weighted by Crippen LogP contribution is 2.06. The minimum atomic E-state index is 0.339. The van der Waals surface area contributed by atoms with E-state index in [1.54, 1.807) is 0 Å². The maximum atomic E-state index is 5.33. The van der Waals surface area contributed by atoms with Crippen molar-refractivity contribution < 1.29 is 18.9 Å². The summed E-state index contributed by atoms with van der Waals surface area (Å²) in [5.41, 5.74) is 0. The second-order valence-corrected chi connectivity index (χ2v) is 2.33. The van der Waals surface area contributed by atoms with Crippen LogP contribution in [0.25, 0.3) is 0 Å². The lowest BCUT2D eigenvalue weighted by atomic mass is 10.7. The van der Waals surface area contributed by atoms with E-state index in [9.17, 15) is 0 Å². The van der Waals surface area contributed by atoms with E-state index in [0.717, 1.165) is 0 Å². The Bertz CT molecular complexity index is 202. The molecule has 0 bridgehead atoms. The molecule has 0 amide bonds. The molecule has 0 atom stereocenters. The molecule has 0 aromatic rings. The van der Waals surface area contributed by atoms with Gasteiger partial charge in [-0.2, -0.15) is 0 Å². The lowest BCUT2D eigenvalue weighted by molar-refractivity contribution is 0.0992. The van der Waals surface area contributed by atoms with Crippen LogP contribution in [0.4, 0.5) is 0 Å². The summed E-state index contributed by atoms with van der Waals surface area (Å²) >= 11 is 5.33. The molecule has 0 unspecified atom stereocenters. The monoisotopic (exact) mass is 204 g/mol. The van der Waals surface area contributed by atoms with Crippen LogP contribution in [0.5, 0.6) is 0 Å². The molecule has 0 radical (unpaired) electrons. The molecule has 0 saturated heterocycles. The minimum absolute atomic E-state index is 0.339. The Kier molecular flexibility index (Phi) is 4.71. The molecule has 0 aromatic heterocycles. The molecule has 4 nitrogen and oxygen atoms in total. The molecule has 0 spiro atoms. The van der Waals surface area contributed by atoms with Gasteiger partial charge in [-0.25, -0.2) is 0 Å². The zero-order valence-electron chi connectivity index (χ0n) is 6.81. The van der Waals surface area contributed by atoms with Crippen molar-refractivity contribution in [2.24, 2.45) is 0 Å². The fourth-order valence-electron chi connectivity index (χ4n) is 0.565. The summed E-state index contributed by atoms with van der Waals surface area (Å²) in [7, 11) is 0. The second kappa shape index (κ2) is 6.25. The molecule has 0 fully saturated rings. The van der Waals surface area contributed by atoms with Gasteiger partial charge < -0.3 is 18.9 Å². The van der Waals surface area contributed by atoms with E-state index >= 15 is 0 Å². The van der Waals surface area contributed by atoms with Gasteiger partial charge in [-0.3, -0.25) is 0 Å². The third kappa shape index (κ3) is 5.03. The number of rotatable bonds is 0. The maximum absolute atomic E-state index is 5.33. The van der Waals surface area contributed by atoms with Crippen LogP contribution in [0.2, 0.25) is 0 Å². The molecule has 0 N–H and O–H groups in total. The van der Waals surface area contributed by atoms with E-state index < -0.39 is 0 Å². The Balaban J connectivity index is 0.000000132. The normalized spacial score (nSPS) is 17.8. The maximum Gasteiger partial charge on any atom is 0.222 e. The summed E-state index contributed by atoms with van der Waals surface area (Å²) in [5, 5.41) is 0.339. The molecule has 2 aliphatic rings. The van der Waals surface area contributed by atoms with Crippen LogP contribution < -0.4 is 0 Å². The summed E-state index contributed by atoms with van der Waals surface area (Å²) in [4.78, 5) is 0. The Morgan fingerprint density at radius 3 is 1.85 bits per heavy atom. The lowest BCUT2D eigenvalue weighted by Gasteiger charge is -2.08. The third-order valence-electron chi connectivity index (χ3n) is 1.04. The highest BCUT2D eigenvalue weighted by atomic mass is 35.5. The molecule has 0 saturated carbocycles. The molecule has 2 rings (SSSR count). The van der Waals surface area contributed by atoms with Crippen LogP contribution in [-0.2, 0) is 18.9 Å². The highest BCUT2D eigenvalue weighted by Gasteiger charge is 1.97. The van der Waals surface area contributed by atoms with Gasteiger partial charge in [-0.15, -0.1) is 0 Å². The van der Waals surface area contributed by atoms with E-state index in [1.165, 1.54) is 31.3 Å². The number of hydrogen-bond donors (Lipinski definition) is 0. The smallest absolute Gasteiger partial charge is 0.222 e. The van der Waals surface area contributed by atoms with Gasteiger partial charge in [0, 0.05) is 0 Å². The molecule has 0 aromatic carbocycles. The number of ether oxygens (including phenoxy) is 4. The van der Waals surface area contributed by atoms with Crippen molar-refractivity contribution in [3.05, 3.63) is 36.5 Å². The van der Waals surface area contributed by atoms with Gasteiger partial charge >= 0.3 is 0 Å². The van der Waals surface area contributed by atoms with Crippen LogP contribution >= 0.6 is 11.6 Å². The van der Waals surface area contributed by atoms with Gasteiger partial charge in [0.2, 0.25) is 5.22 Å². The second-order valence-electron chi connectivity index (χ2n) is 1.96. The van der Waals surface area contributed by atoms with E-state index in [1.807, 2.05) is 0 Å². The van der Waals surface area contributed by atoms with Crippen molar-refractivity contribution in [3.63, 3.8) is 0 Å². The predicted molar refractivity (Wildman–Crippen MR) is 46.3 cm³/mol. The molecule has 5 heteroatoms. The van der Waals surface area contributed by atoms with Crippen LogP contribution in [0, 0.1) is 0 Å². The standard InChI is InChI=1S/C4H5ClO2.C4H4O2/c5-4-3-6-1-2-7-4;1-2-6-4-3-5-1/h3H,1-2H2;1-4H. The number of halogens is 1. The van der Waals surface area contributed by atoms with Crippen molar-refractivity contribution in [3.8, 4) is 0 Å². The molecular weight excluding hydrogens is 196 g/mol. The van der Waals surface area contributed by atoms with Crippen molar-refractivity contribution in [2.45, 2.75) is 0 Å². The first-order valence-electron chi connectivity index (χ1n) is 3.60. The zero-order chi connectivity index (χ0) is 9.36. The Morgan fingerprint density at radius 2 is 1.62 bits per heavy atom. The Morgan fingerprint density at radius 1 is 1.00 bits per heavy atom. The quantitative estimate of drug-likeness (QED) is 0.605. The SMILES string of the molecule is C1=COC=CO1.ClC1=COCCO1. The Labute approximate surface area is 81.0 Å². The van der Waals surface area contributed by atoms with Crippen LogP contribution in [0.3, 0.4) is 0 Å². The summed E-state index contributed by atoms with van der Waals surface area (Å²) in [6.07, 6.45) is 7.23. The van der Waals surface area contributed by atoms with Crippen molar-refractivity contribution in [1.29, 1.82) is 0 Å². The van der Waals surface area contributed by atoms with E-state index in [0.29, 0.717) is 18.4 Å². The third-order valence-corrected chi connectivity index (χ3v) is 1.24. The topological polar surface area (TPSA) is 36.9 Å². The van der Waals surface area contributed by atoms with Crippen molar-refractivity contribution in [2.75, 3.05) is 13.2 Å². The van der Waals surface area contributed by atoms with Gasteiger partial charge in [-0.05, 0) is 11.6 Å². The van der Waals surface area contributed by atoms with Gasteiger partial charge in [0.05, 0.1) is 0 Å². The fourth-order valence-corrected chi connectivity index (χ4v) is 0.705. The fraction of sp³-hybridized carbons (Fsp3) is 0.250. The first kappa shape index (κ1) is 9.80. The zero-order valence-corrected chi connectivity index (χ0v) is 7.57. The minimum Gasteiger partial charge on any atom is -0.493 e. The number of hydrogen-bond acceptors (Lipinski definition) is 4. The van der Waals surface area contributed by atoms with Crippen LogP contribution in [-0.4, -0.2) is 13.2 Å². The van der Waals surface area contributed by atoms with E-state index in [-0.39, 0.29) is 0 Å². The molecule has 2 heterocycles. The van der Waals surface area contributed by atoms with Gasteiger partial charge in [0.15, 0.2) is 0 Å².